The van der Waals surface area contributed by atoms with Gasteiger partial charge in [-0.3, -0.25) is 4.98 Å². The van der Waals surface area contributed by atoms with E-state index in [1.807, 2.05) is 48.5 Å². The highest BCUT2D eigenvalue weighted by Crippen LogP contribution is 2.43. The Morgan fingerprint density at radius 2 is 1.53 bits per heavy atom. The maximum atomic E-state index is 12.8. The maximum Gasteiger partial charge on any atom is 0.175 e. The highest BCUT2D eigenvalue weighted by Gasteiger charge is 2.33. The molecule has 0 bridgehead atoms. The molecule has 0 N–H and O–H groups in total. The zero-order valence-electron chi connectivity index (χ0n) is 23.9. The van der Waals surface area contributed by atoms with Gasteiger partial charge in [0.25, 0.3) is 0 Å². The Kier molecular flexibility index (Phi) is 7.11. The lowest BCUT2D eigenvalue weighted by atomic mass is 9.92. The van der Waals surface area contributed by atoms with Crippen molar-refractivity contribution in [1.82, 2.24) is 9.97 Å². The van der Waals surface area contributed by atoms with Crippen LogP contribution in [-0.2, 0) is 24.4 Å². The first-order valence-electron chi connectivity index (χ1n) is 13.4. The summed E-state index contributed by atoms with van der Waals surface area (Å²) in [5.41, 5.74) is 6.40. The van der Waals surface area contributed by atoms with Crippen molar-refractivity contribution in [1.29, 1.82) is 0 Å². The van der Waals surface area contributed by atoms with E-state index < -0.39 is 24.4 Å². The van der Waals surface area contributed by atoms with Crippen molar-refractivity contribution in [2.45, 2.75) is 23.5 Å². The molecule has 43 heavy (non-hydrogen) atoms. The van der Waals surface area contributed by atoms with E-state index in [1.54, 1.807) is 56.8 Å². The van der Waals surface area contributed by atoms with E-state index in [0.717, 1.165) is 48.6 Å². The first-order chi connectivity index (χ1) is 20.3. The highest BCUT2D eigenvalue weighted by molar-refractivity contribution is 7.91. The molecular formula is C33H28N2O5S3. The van der Waals surface area contributed by atoms with Crippen LogP contribution in [0.4, 0.5) is 0 Å². The molecule has 0 amide bonds. The molecule has 0 aliphatic carbocycles. The summed E-state index contributed by atoms with van der Waals surface area (Å²) in [4.78, 5) is 10.7. The number of hydrogen-bond acceptors (Lipinski definition) is 8. The van der Waals surface area contributed by atoms with Crippen molar-refractivity contribution in [3.05, 3.63) is 103 Å². The van der Waals surface area contributed by atoms with E-state index in [2.05, 4.69) is 11.1 Å². The summed E-state index contributed by atoms with van der Waals surface area (Å²) in [6.45, 7) is 3.44. The van der Waals surface area contributed by atoms with Crippen LogP contribution in [0.1, 0.15) is 19.4 Å². The second-order valence-corrected chi connectivity index (χ2v) is 16.5. The van der Waals surface area contributed by atoms with Gasteiger partial charge in [0.1, 0.15) is 11.3 Å². The Balaban J connectivity index is 1.54. The molecule has 3 aromatic heterocycles. The number of fused-ring (bicyclic) bond motifs is 1. The van der Waals surface area contributed by atoms with Gasteiger partial charge in [0, 0.05) is 40.8 Å². The van der Waals surface area contributed by atoms with Crippen molar-refractivity contribution < 1.29 is 21.3 Å². The molecule has 0 spiro atoms. The number of benzene rings is 3. The molecule has 0 atom stereocenters. The fourth-order valence-electron chi connectivity index (χ4n) is 4.88. The summed E-state index contributed by atoms with van der Waals surface area (Å²) in [6.07, 6.45) is 7.41. The number of thiazole rings is 1. The van der Waals surface area contributed by atoms with Crippen molar-refractivity contribution >= 4 is 41.9 Å². The van der Waals surface area contributed by atoms with Crippen LogP contribution in [0.25, 0.3) is 54.3 Å². The van der Waals surface area contributed by atoms with E-state index >= 15 is 0 Å². The van der Waals surface area contributed by atoms with E-state index in [1.165, 1.54) is 23.8 Å². The topological polar surface area (TPSA) is 107 Å². The van der Waals surface area contributed by atoms with Crippen molar-refractivity contribution in [2.24, 2.45) is 0 Å². The predicted molar refractivity (Wildman–Crippen MR) is 172 cm³/mol. The third kappa shape index (κ3) is 5.42. The number of hydrogen-bond donors (Lipinski definition) is 0. The second-order valence-electron chi connectivity index (χ2n) is 11.0. The SMILES string of the molecule is CC(C)(c1cc(-c2cccc(-c3sc(-c4ccoc4)nc3-c3ccc(S(C)(=O)=O)cc3)c2)c2ncccc2c1)S(C)(=O)=O. The molecule has 0 radical (unpaired) electrons. The van der Waals surface area contributed by atoms with E-state index in [9.17, 15) is 16.8 Å². The van der Waals surface area contributed by atoms with Gasteiger partial charge in [-0.1, -0.05) is 36.4 Å². The largest absolute Gasteiger partial charge is 0.472 e. The fraction of sp³-hybridized carbons (Fsp3) is 0.152. The van der Waals surface area contributed by atoms with Gasteiger partial charge in [-0.25, -0.2) is 21.8 Å². The minimum absolute atomic E-state index is 0.237. The normalized spacial score (nSPS) is 12.6. The molecule has 218 valence electrons. The zero-order valence-corrected chi connectivity index (χ0v) is 26.3. The summed E-state index contributed by atoms with van der Waals surface area (Å²) < 4.78 is 53.9. The number of sulfone groups is 2. The van der Waals surface area contributed by atoms with Gasteiger partial charge < -0.3 is 4.42 Å². The Hall–Kier alpha value is -4.12. The molecule has 0 saturated carbocycles. The molecular weight excluding hydrogens is 601 g/mol. The van der Waals surface area contributed by atoms with Crippen molar-refractivity contribution in [3.8, 4) is 43.4 Å². The van der Waals surface area contributed by atoms with Gasteiger partial charge in [-0.2, -0.15) is 0 Å². The first-order valence-corrected chi connectivity index (χ1v) is 18.0. The number of furan rings is 1. The van der Waals surface area contributed by atoms with Crippen molar-refractivity contribution in [3.63, 3.8) is 0 Å². The molecule has 0 fully saturated rings. The molecule has 3 heterocycles. The standard InChI is InChI=1S/C33H28N2O5S3/c1-33(2,43(4,38)39)26-18-23-9-6-15-34-29(23)28(19-26)22-7-5-8-24(17-22)31-30(35-32(41-31)25-14-16-40-20-25)21-10-12-27(13-11-21)42(3,36)37/h5-20H,1-4H3. The number of nitrogens with zero attached hydrogens (tertiary/aromatic N) is 2. The van der Waals surface area contributed by atoms with Crippen molar-refractivity contribution in [2.75, 3.05) is 12.5 Å². The molecule has 0 unspecified atom stereocenters. The number of rotatable bonds is 7. The minimum Gasteiger partial charge on any atom is -0.472 e. The van der Waals surface area contributed by atoms with Gasteiger partial charge in [-0.05, 0) is 73.0 Å². The maximum absolute atomic E-state index is 12.8. The third-order valence-electron chi connectivity index (χ3n) is 7.71. The molecule has 3 aromatic carbocycles. The third-order valence-corrected chi connectivity index (χ3v) is 12.1. The second kappa shape index (κ2) is 10.6. The zero-order chi connectivity index (χ0) is 30.6. The van der Waals surface area contributed by atoms with Crippen LogP contribution in [-0.4, -0.2) is 39.3 Å². The summed E-state index contributed by atoms with van der Waals surface area (Å²) in [5.74, 6) is 0. The first kappa shape index (κ1) is 29.0. The van der Waals surface area contributed by atoms with Crippen LogP contribution in [0.5, 0.6) is 0 Å². The van der Waals surface area contributed by atoms with Crippen LogP contribution in [0.15, 0.2) is 107 Å². The molecule has 0 aliphatic rings. The average Bonchev–Trinajstić information content (AvgIpc) is 3.66. The summed E-state index contributed by atoms with van der Waals surface area (Å²) in [5, 5.41) is 1.61. The predicted octanol–water partition coefficient (Wildman–Crippen LogP) is 7.64. The molecule has 0 saturated heterocycles. The Bertz CT molecular complexity index is 2200. The number of aromatic nitrogens is 2. The fourth-order valence-corrected chi connectivity index (χ4v) is 7.13. The van der Waals surface area contributed by atoms with Crippen LogP contribution in [0, 0.1) is 0 Å². The molecule has 0 aliphatic heterocycles. The van der Waals surface area contributed by atoms with E-state index in [0.29, 0.717) is 11.3 Å². The summed E-state index contributed by atoms with van der Waals surface area (Å²) >= 11 is 1.51. The lowest BCUT2D eigenvalue weighted by Crippen LogP contribution is -2.28. The van der Waals surface area contributed by atoms with Crippen LogP contribution >= 0.6 is 11.3 Å². The van der Waals surface area contributed by atoms with E-state index in [4.69, 9.17) is 9.40 Å². The minimum atomic E-state index is -3.41. The van der Waals surface area contributed by atoms with Gasteiger partial charge >= 0.3 is 0 Å². The molecule has 7 nitrogen and oxygen atoms in total. The molecule has 6 aromatic rings. The van der Waals surface area contributed by atoms with Crippen LogP contribution in [0.3, 0.4) is 0 Å². The van der Waals surface area contributed by atoms with Gasteiger partial charge in [0.15, 0.2) is 19.7 Å². The summed E-state index contributed by atoms with van der Waals surface area (Å²) in [7, 11) is -6.76. The molecule has 10 heteroatoms. The number of pyridine rings is 1. The van der Waals surface area contributed by atoms with Gasteiger partial charge in [0.2, 0.25) is 0 Å². The lowest BCUT2D eigenvalue weighted by molar-refractivity contribution is 0.561. The smallest absolute Gasteiger partial charge is 0.175 e. The Labute approximate surface area is 254 Å². The average molecular weight is 629 g/mol. The Morgan fingerprint density at radius 1 is 0.791 bits per heavy atom. The quantitative estimate of drug-likeness (QED) is 0.179. The van der Waals surface area contributed by atoms with E-state index in [-0.39, 0.29) is 4.90 Å². The molecule has 6 rings (SSSR count). The lowest BCUT2D eigenvalue weighted by Gasteiger charge is -2.24. The van der Waals surface area contributed by atoms with Crippen LogP contribution in [0.2, 0.25) is 0 Å². The summed E-state index contributed by atoms with van der Waals surface area (Å²) in [6, 6.07) is 24.2. The van der Waals surface area contributed by atoms with Gasteiger partial charge in [-0.15, -0.1) is 11.3 Å². The monoisotopic (exact) mass is 628 g/mol. The van der Waals surface area contributed by atoms with Gasteiger partial charge in [0.05, 0.1) is 32.0 Å². The van der Waals surface area contributed by atoms with Crippen LogP contribution < -0.4 is 0 Å². The Morgan fingerprint density at radius 3 is 2.21 bits per heavy atom. The highest BCUT2D eigenvalue weighted by atomic mass is 32.2.